The molecule has 0 atom stereocenters. The zero-order chi connectivity index (χ0) is 20.4. The second kappa shape index (κ2) is 7.56. The average Bonchev–Trinajstić information content (AvgIpc) is 2.73. The van der Waals surface area contributed by atoms with Crippen LogP contribution in [-0.2, 0) is 9.84 Å². The summed E-state index contributed by atoms with van der Waals surface area (Å²) < 4.78 is 29.4. The second-order valence-corrected chi connectivity index (χ2v) is 8.63. The van der Waals surface area contributed by atoms with Crippen molar-refractivity contribution in [3.8, 4) is 17.0 Å². The minimum atomic E-state index is -3.34. The first-order valence-electron chi connectivity index (χ1n) is 9.00. The van der Waals surface area contributed by atoms with Crippen LogP contribution in [0.15, 0.2) is 71.6 Å². The Bertz CT molecular complexity index is 1160. The van der Waals surface area contributed by atoms with Crippen molar-refractivity contribution in [2.24, 2.45) is 0 Å². The third kappa shape index (κ3) is 4.07. The Balaban J connectivity index is 1.68. The number of carbonyl (C=O) groups is 1. The predicted molar refractivity (Wildman–Crippen MR) is 111 cm³/mol. The van der Waals surface area contributed by atoms with Crippen LogP contribution in [0.25, 0.3) is 11.3 Å². The lowest BCUT2D eigenvalue weighted by molar-refractivity contribution is 0.249. The number of urea groups is 1. The normalized spacial score (nSPS) is 13.3. The molecule has 0 radical (unpaired) electrons. The van der Waals surface area contributed by atoms with E-state index in [-0.39, 0.29) is 10.9 Å². The van der Waals surface area contributed by atoms with Gasteiger partial charge in [-0.15, -0.1) is 0 Å². The lowest BCUT2D eigenvalue weighted by Crippen LogP contribution is -2.41. The molecule has 0 bridgehead atoms. The number of para-hydroxylation sites is 1. The first-order chi connectivity index (χ1) is 13.9. The first kappa shape index (κ1) is 18.9. The van der Waals surface area contributed by atoms with Gasteiger partial charge in [0, 0.05) is 17.5 Å². The minimum Gasteiger partial charge on any atom is -0.488 e. The van der Waals surface area contributed by atoms with Crippen molar-refractivity contribution in [2.45, 2.75) is 4.90 Å². The van der Waals surface area contributed by atoms with Crippen LogP contribution in [0.2, 0.25) is 0 Å². The Labute approximate surface area is 168 Å². The molecule has 2 amide bonds. The van der Waals surface area contributed by atoms with Crippen molar-refractivity contribution < 1.29 is 17.9 Å². The molecule has 3 aromatic rings. The molecule has 0 spiro atoms. The van der Waals surface area contributed by atoms with Crippen LogP contribution in [0.5, 0.6) is 5.75 Å². The summed E-state index contributed by atoms with van der Waals surface area (Å²) in [6.07, 6.45) is 1.16. The second-order valence-electron chi connectivity index (χ2n) is 6.61. The van der Waals surface area contributed by atoms with Gasteiger partial charge in [0.2, 0.25) is 0 Å². The Hall–Kier alpha value is -3.39. The molecule has 1 aromatic heterocycles. The molecular formula is C21H19N3O4S. The van der Waals surface area contributed by atoms with Crippen LogP contribution in [-0.4, -0.2) is 38.8 Å². The molecule has 0 aliphatic carbocycles. The van der Waals surface area contributed by atoms with Gasteiger partial charge in [0.25, 0.3) is 0 Å². The molecule has 7 nitrogen and oxygen atoms in total. The van der Waals surface area contributed by atoms with E-state index in [1.807, 2.05) is 18.2 Å². The van der Waals surface area contributed by atoms with Gasteiger partial charge in [-0.05, 0) is 36.4 Å². The van der Waals surface area contributed by atoms with Crippen LogP contribution in [0.3, 0.4) is 0 Å². The number of hydrogen-bond donors (Lipinski definition) is 1. The van der Waals surface area contributed by atoms with Crippen molar-refractivity contribution >= 4 is 27.4 Å². The highest BCUT2D eigenvalue weighted by Crippen LogP contribution is 2.33. The largest absolute Gasteiger partial charge is 0.488 e. The average molecular weight is 409 g/mol. The summed E-state index contributed by atoms with van der Waals surface area (Å²) in [4.78, 5) is 19.1. The maximum absolute atomic E-state index is 12.8. The zero-order valence-corrected chi connectivity index (χ0v) is 16.5. The maximum atomic E-state index is 12.8. The summed E-state index contributed by atoms with van der Waals surface area (Å²) in [5.74, 6) is 0.898. The number of nitrogens with one attached hydrogen (secondary N) is 1. The molecule has 1 N–H and O–H groups in total. The van der Waals surface area contributed by atoms with Gasteiger partial charge in [0.15, 0.2) is 21.4 Å². The molecular weight excluding hydrogens is 390 g/mol. The quantitative estimate of drug-likeness (QED) is 0.714. The molecule has 8 heteroatoms. The van der Waals surface area contributed by atoms with Gasteiger partial charge in [0.1, 0.15) is 6.61 Å². The van der Waals surface area contributed by atoms with E-state index in [1.54, 1.807) is 48.5 Å². The molecule has 0 saturated heterocycles. The Kier molecular flexibility index (Phi) is 4.94. The van der Waals surface area contributed by atoms with Crippen LogP contribution in [0.1, 0.15) is 0 Å². The third-order valence-electron chi connectivity index (χ3n) is 4.50. The van der Waals surface area contributed by atoms with Crippen molar-refractivity contribution in [2.75, 3.05) is 29.6 Å². The standard InChI is InChI=1S/C21H19N3O4S/c1-29(26,27)17-9-5-6-15(14-17)18-10-11-19-20(23-18)24(12-13-28-19)21(25)22-16-7-3-2-4-8-16/h2-11,14H,12-13H2,1H3,(H,22,25). The van der Waals surface area contributed by atoms with E-state index >= 15 is 0 Å². The molecule has 0 fully saturated rings. The van der Waals surface area contributed by atoms with Crippen LogP contribution in [0, 0.1) is 0 Å². The fourth-order valence-electron chi connectivity index (χ4n) is 3.05. The number of amides is 2. The van der Waals surface area contributed by atoms with Crippen LogP contribution in [0.4, 0.5) is 16.3 Å². The van der Waals surface area contributed by atoms with E-state index in [1.165, 1.54) is 4.90 Å². The lowest BCUT2D eigenvalue weighted by atomic mass is 10.1. The fourth-order valence-corrected chi connectivity index (χ4v) is 3.72. The first-order valence-corrected chi connectivity index (χ1v) is 10.9. The van der Waals surface area contributed by atoms with Crippen molar-refractivity contribution in [3.63, 3.8) is 0 Å². The summed E-state index contributed by atoms with van der Waals surface area (Å²) in [6, 6.07) is 18.9. The van der Waals surface area contributed by atoms with Gasteiger partial charge in [0.05, 0.1) is 17.1 Å². The van der Waals surface area contributed by atoms with Crippen molar-refractivity contribution in [1.29, 1.82) is 0 Å². The lowest BCUT2D eigenvalue weighted by Gasteiger charge is -2.28. The minimum absolute atomic E-state index is 0.212. The van der Waals surface area contributed by atoms with Gasteiger partial charge in [-0.1, -0.05) is 30.3 Å². The number of nitrogens with zero attached hydrogens (tertiary/aromatic N) is 2. The zero-order valence-electron chi connectivity index (χ0n) is 15.7. The Morgan fingerprint density at radius 2 is 1.86 bits per heavy atom. The highest BCUT2D eigenvalue weighted by molar-refractivity contribution is 7.90. The summed E-state index contributed by atoms with van der Waals surface area (Å²) >= 11 is 0. The van der Waals surface area contributed by atoms with Gasteiger partial charge < -0.3 is 10.1 Å². The van der Waals surface area contributed by atoms with Gasteiger partial charge >= 0.3 is 6.03 Å². The van der Waals surface area contributed by atoms with Crippen molar-refractivity contribution in [3.05, 3.63) is 66.7 Å². The topological polar surface area (TPSA) is 88.6 Å². The summed E-state index contributed by atoms with van der Waals surface area (Å²) in [7, 11) is -3.34. The van der Waals surface area contributed by atoms with E-state index in [0.29, 0.717) is 41.7 Å². The maximum Gasteiger partial charge on any atom is 0.327 e. The number of sulfone groups is 1. The van der Waals surface area contributed by atoms with Gasteiger partial charge in [-0.2, -0.15) is 0 Å². The molecule has 2 aromatic carbocycles. The summed E-state index contributed by atoms with van der Waals surface area (Å²) in [6.45, 7) is 0.714. The molecule has 148 valence electrons. The highest BCUT2D eigenvalue weighted by Gasteiger charge is 2.26. The van der Waals surface area contributed by atoms with E-state index in [9.17, 15) is 13.2 Å². The molecule has 0 saturated carbocycles. The van der Waals surface area contributed by atoms with Gasteiger partial charge in [-0.3, -0.25) is 4.90 Å². The van der Waals surface area contributed by atoms with Gasteiger partial charge in [-0.25, -0.2) is 18.2 Å². The molecule has 4 rings (SSSR count). The smallest absolute Gasteiger partial charge is 0.327 e. The fraction of sp³-hybridized carbons (Fsp3) is 0.143. The monoisotopic (exact) mass is 409 g/mol. The number of carbonyl (C=O) groups excluding carboxylic acids is 1. The number of ether oxygens (including phenoxy) is 1. The number of hydrogen-bond acceptors (Lipinski definition) is 5. The highest BCUT2D eigenvalue weighted by atomic mass is 32.2. The van der Waals surface area contributed by atoms with E-state index in [0.717, 1.165) is 6.26 Å². The van der Waals surface area contributed by atoms with E-state index < -0.39 is 9.84 Å². The predicted octanol–water partition coefficient (Wildman–Crippen LogP) is 3.58. The number of rotatable bonds is 3. The number of pyridine rings is 1. The number of benzene rings is 2. The number of fused-ring (bicyclic) bond motifs is 1. The molecule has 1 aliphatic rings. The Morgan fingerprint density at radius 3 is 2.62 bits per heavy atom. The third-order valence-corrected chi connectivity index (χ3v) is 5.61. The summed E-state index contributed by atoms with van der Waals surface area (Å²) in [5.41, 5.74) is 1.88. The molecule has 0 unspecified atom stereocenters. The van der Waals surface area contributed by atoms with E-state index in [4.69, 9.17) is 4.74 Å². The number of anilines is 2. The van der Waals surface area contributed by atoms with Crippen LogP contribution < -0.4 is 15.0 Å². The molecule has 29 heavy (non-hydrogen) atoms. The van der Waals surface area contributed by atoms with Crippen molar-refractivity contribution in [1.82, 2.24) is 4.98 Å². The molecule has 2 heterocycles. The van der Waals surface area contributed by atoms with Crippen LogP contribution >= 0.6 is 0 Å². The SMILES string of the molecule is CS(=O)(=O)c1cccc(-c2ccc3c(n2)N(C(=O)Nc2ccccc2)CCO3)c1. The Morgan fingerprint density at radius 1 is 1.07 bits per heavy atom. The summed E-state index contributed by atoms with van der Waals surface area (Å²) in [5, 5.41) is 2.85. The van der Waals surface area contributed by atoms with E-state index in [2.05, 4.69) is 10.3 Å². The number of aromatic nitrogens is 1. The molecule has 1 aliphatic heterocycles.